The first kappa shape index (κ1) is 37.6. The number of ether oxygens (including phenoxy) is 1. The molecule has 0 aliphatic heterocycles. The molecule has 0 heterocycles. The van der Waals surface area contributed by atoms with Crippen molar-refractivity contribution in [1.29, 1.82) is 0 Å². The summed E-state index contributed by atoms with van der Waals surface area (Å²) in [5.41, 5.74) is 7.32. The van der Waals surface area contributed by atoms with Gasteiger partial charge in [0.2, 0.25) is 0 Å². The van der Waals surface area contributed by atoms with Gasteiger partial charge in [0, 0.05) is 43.9 Å². The molecule has 6 N–H and O–H groups in total. The molecule has 0 saturated carbocycles. The number of aryl methyl sites for hydroxylation is 2. The third kappa shape index (κ3) is 16.5. The van der Waals surface area contributed by atoms with E-state index in [1.165, 1.54) is 40.8 Å². The third-order valence-corrected chi connectivity index (χ3v) is 7.29. The van der Waals surface area contributed by atoms with Gasteiger partial charge in [-0.05, 0) is 124 Å². The van der Waals surface area contributed by atoms with Crippen molar-refractivity contribution in [1.82, 2.24) is 21.3 Å². The Hall–Kier alpha value is -3.88. The number of para-hydroxylation sites is 1. The fourth-order valence-electron chi connectivity index (χ4n) is 4.99. The van der Waals surface area contributed by atoms with E-state index in [1.807, 2.05) is 30.3 Å². The van der Waals surface area contributed by atoms with Crippen LogP contribution in [0, 0.1) is 13.8 Å². The summed E-state index contributed by atoms with van der Waals surface area (Å²) in [6, 6.07) is 33.4. The van der Waals surface area contributed by atoms with Gasteiger partial charge in [-0.2, -0.15) is 0 Å². The van der Waals surface area contributed by atoms with E-state index in [-0.39, 0.29) is 0 Å². The van der Waals surface area contributed by atoms with Gasteiger partial charge in [-0.1, -0.05) is 68.4 Å². The molecule has 7 heteroatoms. The second kappa shape index (κ2) is 23.4. The van der Waals surface area contributed by atoms with E-state index in [2.05, 4.69) is 126 Å². The summed E-state index contributed by atoms with van der Waals surface area (Å²) in [5.74, 6) is 1.73. The molecule has 0 aromatic heterocycles. The highest BCUT2D eigenvalue weighted by Crippen LogP contribution is 2.26. The van der Waals surface area contributed by atoms with Gasteiger partial charge in [-0.15, -0.1) is 0 Å². The molecule has 4 aromatic carbocycles. The van der Waals surface area contributed by atoms with Crippen LogP contribution in [0.5, 0.6) is 11.5 Å². The Morgan fingerprint density at radius 1 is 0.468 bits per heavy atom. The molecule has 0 unspecified atom stereocenters. The topological polar surface area (TPSA) is 81.4 Å². The van der Waals surface area contributed by atoms with Crippen molar-refractivity contribution in [3.63, 3.8) is 0 Å². The van der Waals surface area contributed by atoms with Gasteiger partial charge in [0.15, 0.2) is 0 Å². The molecule has 0 radical (unpaired) electrons. The van der Waals surface area contributed by atoms with Crippen molar-refractivity contribution in [3.05, 3.63) is 108 Å². The summed E-state index contributed by atoms with van der Waals surface area (Å²) >= 11 is 0. The fraction of sp³-hybridized carbons (Fsp3) is 0.400. The summed E-state index contributed by atoms with van der Waals surface area (Å²) in [6.45, 7) is 16.5. The minimum absolute atomic E-state index is 0.859. The molecule has 0 aliphatic rings. The molecule has 47 heavy (non-hydrogen) atoms. The zero-order valence-electron chi connectivity index (χ0n) is 29.1. The maximum Gasteiger partial charge on any atom is 0.129 e. The largest absolute Gasteiger partial charge is 0.457 e. The van der Waals surface area contributed by atoms with Crippen molar-refractivity contribution in [2.45, 2.75) is 53.4 Å². The van der Waals surface area contributed by atoms with Crippen LogP contribution in [-0.4, -0.2) is 52.6 Å². The van der Waals surface area contributed by atoms with Crippen molar-refractivity contribution in [2.24, 2.45) is 0 Å². The highest BCUT2D eigenvalue weighted by molar-refractivity contribution is 5.69. The molecule has 0 atom stereocenters. The predicted octanol–water partition coefficient (Wildman–Crippen LogP) is 8.15. The normalized spacial score (nSPS) is 10.6. The lowest BCUT2D eigenvalue weighted by atomic mass is 10.0. The smallest absolute Gasteiger partial charge is 0.129 e. The Kier molecular flexibility index (Phi) is 18.7. The average Bonchev–Trinajstić information content (AvgIpc) is 3.08. The van der Waals surface area contributed by atoms with Crippen LogP contribution in [0.3, 0.4) is 0 Å². The summed E-state index contributed by atoms with van der Waals surface area (Å²) in [5, 5.41) is 20.5. The van der Waals surface area contributed by atoms with E-state index in [4.69, 9.17) is 4.74 Å². The first-order valence-electron chi connectivity index (χ1n) is 17.4. The number of rotatable bonds is 21. The number of anilines is 2. The van der Waals surface area contributed by atoms with Gasteiger partial charge in [0.25, 0.3) is 0 Å². The van der Waals surface area contributed by atoms with Crippen molar-refractivity contribution < 1.29 is 4.74 Å². The highest BCUT2D eigenvalue weighted by atomic mass is 16.5. The summed E-state index contributed by atoms with van der Waals surface area (Å²) in [4.78, 5) is 0. The van der Waals surface area contributed by atoms with Gasteiger partial charge in [0.1, 0.15) is 11.5 Å². The molecular weight excluding hydrogens is 580 g/mol. The zero-order chi connectivity index (χ0) is 33.4. The second-order valence-corrected chi connectivity index (χ2v) is 11.8. The van der Waals surface area contributed by atoms with Crippen molar-refractivity contribution >= 4 is 11.4 Å². The van der Waals surface area contributed by atoms with Gasteiger partial charge in [-0.3, -0.25) is 0 Å². The minimum atomic E-state index is 0.859. The van der Waals surface area contributed by atoms with Gasteiger partial charge in [0.05, 0.1) is 0 Å². The van der Waals surface area contributed by atoms with Crippen molar-refractivity contribution in [3.8, 4) is 22.6 Å². The Morgan fingerprint density at radius 2 is 0.979 bits per heavy atom. The molecule has 0 amide bonds. The highest BCUT2D eigenvalue weighted by Gasteiger charge is 2.03. The Morgan fingerprint density at radius 3 is 1.55 bits per heavy atom. The van der Waals surface area contributed by atoms with E-state index in [9.17, 15) is 0 Å². The van der Waals surface area contributed by atoms with Crippen LogP contribution in [0.25, 0.3) is 11.1 Å². The van der Waals surface area contributed by atoms with E-state index in [1.54, 1.807) is 0 Å². The molecule has 254 valence electrons. The van der Waals surface area contributed by atoms with Crippen LogP contribution in [-0.2, 0) is 0 Å². The molecule has 0 fully saturated rings. The Labute approximate surface area is 284 Å². The third-order valence-electron chi connectivity index (χ3n) is 7.29. The molecule has 7 nitrogen and oxygen atoms in total. The molecule has 0 bridgehead atoms. The van der Waals surface area contributed by atoms with Crippen LogP contribution < -0.4 is 36.6 Å². The lowest BCUT2D eigenvalue weighted by Crippen LogP contribution is -2.30. The SMILES string of the molecule is CCCNCNCCCNc1cc(C)cc(-c2ccccc2)c1.CCCNCNCCCNc1cc(C)cc(Oc2ccccc2)c1. The number of hydrogen-bond acceptors (Lipinski definition) is 7. The predicted molar refractivity (Wildman–Crippen MR) is 203 cm³/mol. The first-order chi connectivity index (χ1) is 23.1. The van der Waals surface area contributed by atoms with E-state index < -0.39 is 0 Å². The maximum absolute atomic E-state index is 5.92. The van der Waals surface area contributed by atoms with Gasteiger partial charge in [-0.25, -0.2) is 0 Å². The van der Waals surface area contributed by atoms with E-state index >= 15 is 0 Å². The molecule has 0 saturated heterocycles. The number of nitrogens with one attached hydrogen (secondary N) is 6. The summed E-state index contributed by atoms with van der Waals surface area (Å²) in [6.07, 6.45) is 4.55. The van der Waals surface area contributed by atoms with Gasteiger partial charge >= 0.3 is 0 Å². The van der Waals surface area contributed by atoms with E-state index in [0.29, 0.717) is 0 Å². The average molecular weight is 639 g/mol. The van der Waals surface area contributed by atoms with Crippen LogP contribution in [0.1, 0.15) is 50.7 Å². The Bertz CT molecular complexity index is 1370. The second-order valence-electron chi connectivity index (χ2n) is 11.8. The number of hydrogen-bond donors (Lipinski definition) is 6. The number of benzene rings is 4. The summed E-state index contributed by atoms with van der Waals surface area (Å²) in [7, 11) is 0. The van der Waals surface area contributed by atoms with Crippen molar-refractivity contribution in [2.75, 3.05) is 63.2 Å². The quantitative estimate of drug-likeness (QED) is 0.0406. The molecule has 4 rings (SSSR count). The molecule has 4 aromatic rings. The molecular formula is C40H58N6O. The zero-order valence-corrected chi connectivity index (χ0v) is 29.1. The minimum Gasteiger partial charge on any atom is -0.457 e. The molecule has 0 spiro atoms. The lowest BCUT2D eigenvalue weighted by molar-refractivity contribution is 0.482. The fourth-order valence-corrected chi connectivity index (χ4v) is 4.99. The monoisotopic (exact) mass is 638 g/mol. The standard InChI is InChI=1S/C20H29N3O.C20H29N3/c1-3-10-21-16-22-11-7-12-23-18-13-17(2)14-20(15-18)24-19-8-5-4-6-9-19;1-3-10-21-16-22-11-7-12-23-20-14-17(2)13-19(15-20)18-8-5-4-6-9-18/h4-6,8-9,13-15,21-23H,3,7,10-12,16H2,1-2H3;4-6,8-9,13-15,21-23H,3,7,10-12,16H2,1-2H3. The summed E-state index contributed by atoms with van der Waals surface area (Å²) < 4.78 is 5.92. The van der Waals surface area contributed by atoms with Crippen LogP contribution in [0.15, 0.2) is 97.1 Å². The van der Waals surface area contributed by atoms with Crippen LogP contribution in [0.4, 0.5) is 11.4 Å². The van der Waals surface area contributed by atoms with Crippen LogP contribution >= 0.6 is 0 Å². The maximum atomic E-state index is 5.92. The lowest BCUT2D eigenvalue weighted by Gasteiger charge is -2.12. The molecule has 0 aliphatic carbocycles. The van der Waals surface area contributed by atoms with Crippen LogP contribution in [0.2, 0.25) is 0 Å². The van der Waals surface area contributed by atoms with E-state index in [0.717, 1.165) is 82.6 Å². The van der Waals surface area contributed by atoms with Gasteiger partial charge < -0.3 is 36.6 Å². The Balaban J connectivity index is 0.000000256. The first-order valence-corrected chi connectivity index (χ1v) is 17.4.